The number of allylic oxidation sites excluding steroid dienone is 1. The fourth-order valence-electron chi connectivity index (χ4n) is 1.77. The summed E-state index contributed by atoms with van der Waals surface area (Å²) in [4.78, 5) is 0. The molecule has 0 N–H and O–H groups in total. The summed E-state index contributed by atoms with van der Waals surface area (Å²) in [6.45, 7) is 11.1. The van der Waals surface area contributed by atoms with E-state index in [-0.39, 0.29) is 5.41 Å². The predicted molar refractivity (Wildman–Crippen MR) is 56.5 cm³/mol. The maximum Gasteiger partial charge on any atom is 0.271 e. The highest BCUT2D eigenvalue weighted by Gasteiger charge is 2.58. The van der Waals surface area contributed by atoms with Crippen LogP contribution >= 0.6 is 0 Å². The van der Waals surface area contributed by atoms with Crippen molar-refractivity contribution in [3.05, 3.63) is 12.7 Å². The quantitative estimate of drug-likeness (QED) is 0.526. The molecule has 1 unspecified atom stereocenters. The topological polar surface area (TPSA) is 43.4 Å². The lowest BCUT2D eigenvalue weighted by molar-refractivity contribution is 0.0321. The second-order valence-corrected chi connectivity index (χ2v) is 6.54. The molecule has 0 aromatic rings. The zero-order valence-corrected chi connectivity index (χ0v) is 10.0. The van der Waals surface area contributed by atoms with Crippen LogP contribution in [0.3, 0.4) is 0 Å². The summed E-state index contributed by atoms with van der Waals surface area (Å²) in [5.74, 6) is 0. The van der Waals surface area contributed by atoms with Gasteiger partial charge in [0, 0.05) is 5.41 Å². The second kappa shape index (κ2) is 3.07. The van der Waals surface area contributed by atoms with E-state index in [9.17, 15) is 8.42 Å². The zero-order chi connectivity index (χ0) is 11.2. The Morgan fingerprint density at radius 2 is 1.86 bits per heavy atom. The fourth-order valence-corrected chi connectivity index (χ4v) is 4.06. The summed E-state index contributed by atoms with van der Waals surface area (Å²) in [5, 5.41) is -0.484. The van der Waals surface area contributed by atoms with Crippen LogP contribution in [0.1, 0.15) is 34.1 Å². The monoisotopic (exact) mass is 218 g/mol. The highest BCUT2D eigenvalue weighted by molar-refractivity contribution is 7.87. The zero-order valence-electron chi connectivity index (χ0n) is 9.20. The van der Waals surface area contributed by atoms with Crippen molar-refractivity contribution in [2.45, 2.75) is 45.0 Å². The van der Waals surface area contributed by atoms with Gasteiger partial charge in [0.05, 0.1) is 10.9 Å². The molecule has 0 aromatic heterocycles. The van der Waals surface area contributed by atoms with E-state index in [0.29, 0.717) is 6.42 Å². The number of rotatable bonds is 2. The molecule has 0 radical (unpaired) electrons. The van der Waals surface area contributed by atoms with Crippen molar-refractivity contribution in [3.8, 4) is 0 Å². The van der Waals surface area contributed by atoms with Gasteiger partial charge < -0.3 is 0 Å². The van der Waals surface area contributed by atoms with Gasteiger partial charge in [-0.3, -0.25) is 4.18 Å². The molecule has 0 bridgehead atoms. The van der Waals surface area contributed by atoms with Crippen molar-refractivity contribution in [3.63, 3.8) is 0 Å². The lowest BCUT2D eigenvalue weighted by atomic mass is 9.74. The summed E-state index contributed by atoms with van der Waals surface area (Å²) in [6, 6.07) is 0. The lowest BCUT2D eigenvalue weighted by Crippen LogP contribution is -2.40. The molecular formula is C10H18O3S. The molecule has 1 heterocycles. The average molecular weight is 218 g/mol. The smallest absolute Gasteiger partial charge is 0.263 e. The first-order valence-electron chi connectivity index (χ1n) is 4.70. The van der Waals surface area contributed by atoms with Gasteiger partial charge in [-0.15, -0.1) is 6.58 Å². The molecule has 0 spiro atoms. The Balaban J connectivity index is 3.21. The Morgan fingerprint density at radius 1 is 1.36 bits per heavy atom. The minimum atomic E-state index is -3.44. The van der Waals surface area contributed by atoms with Crippen LogP contribution in [0.25, 0.3) is 0 Å². The van der Waals surface area contributed by atoms with Crippen molar-refractivity contribution in [2.75, 3.05) is 0 Å². The van der Waals surface area contributed by atoms with Crippen LogP contribution in [0.2, 0.25) is 0 Å². The lowest BCUT2D eigenvalue weighted by Gasteiger charge is -2.33. The highest BCUT2D eigenvalue weighted by atomic mass is 32.2. The molecule has 1 aliphatic rings. The van der Waals surface area contributed by atoms with Crippen molar-refractivity contribution in [1.29, 1.82) is 0 Å². The van der Waals surface area contributed by atoms with Gasteiger partial charge >= 0.3 is 0 Å². The first-order valence-corrected chi connectivity index (χ1v) is 6.17. The third-order valence-corrected chi connectivity index (χ3v) is 5.54. The molecule has 0 saturated carbocycles. The van der Waals surface area contributed by atoms with Crippen LogP contribution in [-0.2, 0) is 14.3 Å². The first kappa shape index (κ1) is 11.7. The maximum atomic E-state index is 11.7. The van der Waals surface area contributed by atoms with Crippen LogP contribution in [0.15, 0.2) is 12.7 Å². The van der Waals surface area contributed by atoms with Gasteiger partial charge in [-0.2, -0.15) is 8.42 Å². The number of hydrogen-bond acceptors (Lipinski definition) is 3. The third kappa shape index (κ3) is 1.50. The Bertz CT molecular complexity index is 338. The molecule has 1 aliphatic heterocycles. The second-order valence-electron chi connectivity index (χ2n) is 4.82. The minimum absolute atomic E-state index is 0.389. The minimum Gasteiger partial charge on any atom is -0.263 e. The van der Waals surface area contributed by atoms with Gasteiger partial charge in [-0.1, -0.05) is 19.9 Å². The van der Waals surface area contributed by atoms with Gasteiger partial charge in [0.15, 0.2) is 0 Å². The Labute approximate surface area is 86.3 Å². The summed E-state index contributed by atoms with van der Waals surface area (Å²) < 4.78 is 28.6. The summed E-state index contributed by atoms with van der Waals surface area (Å²) in [5.41, 5.74) is -1.03. The Hall–Kier alpha value is -0.350. The van der Waals surface area contributed by atoms with Gasteiger partial charge in [0.1, 0.15) is 0 Å². The predicted octanol–water partition coefficient (Wildman–Crippen LogP) is 2.10. The molecule has 4 heteroatoms. The van der Waals surface area contributed by atoms with E-state index < -0.39 is 21.0 Å². The molecule has 82 valence electrons. The Kier molecular flexibility index (Phi) is 2.57. The standard InChI is InChI=1S/C10H18O3S/c1-6-7-8-9(2,3)10(4,5)13-14(8,11)12/h6,8H,1,7H2,2-5H3. The third-order valence-electron chi connectivity index (χ3n) is 3.41. The van der Waals surface area contributed by atoms with E-state index in [0.717, 1.165) is 0 Å². The average Bonchev–Trinajstić information content (AvgIpc) is 2.06. The van der Waals surface area contributed by atoms with E-state index in [1.807, 2.05) is 27.7 Å². The Morgan fingerprint density at radius 3 is 2.14 bits per heavy atom. The molecule has 1 saturated heterocycles. The molecule has 0 aliphatic carbocycles. The summed E-state index contributed by atoms with van der Waals surface area (Å²) in [7, 11) is -3.44. The van der Waals surface area contributed by atoms with Crippen LogP contribution in [-0.4, -0.2) is 19.3 Å². The van der Waals surface area contributed by atoms with Gasteiger partial charge in [0.25, 0.3) is 10.1 Å². The van der Waals surface area contributed by atoms with E-state index in [1.54, 1.807) is 6.08 Å². The van der Waals surface area contributed by atoms with Gasteiger partial charge in [-0.05, 0) is 20.3 Å². The molecule has 1 atom stereocenters. The van der Waals surface area contributed by atoms with Crippen LogP contribution in [0.4, 0.5) is 0 Å². The van der Waals surface area contributed by atoms with Gasteiger partial charge in [0.2, 0.25) is 0 Å². The van der Waals surface area contributed by atoms with Crippen LogP contribution in [0, 0.1) is 5.41 Å². The normalized spacial score (nSPS) is 32.7. The maximum absolute atomic E-state index is 11.7. The molecule has 14 heavy (non-hydrogen) atoms. The summed E-state index contributed by atoms with van der Waals surface area (Å²) >= 11 is 0. The fraction of sp³-hybridized carbons (Fsp3) is 0.800. The van der Waals surface area contributed by atoms with Crippen LogP contribution < -0.4 is 0 Å². The molecular weight excluding hydrogens is 200 g/mol. The van der Waals surface area contributed by atoms with E-state index in [4.69, 9.17) is 4.18 Å². The largest absolute Gasteiger partial charge is 0.271 e. The molecule has 1 rings (SSSR count). The van der Waals surface area contributed by atoms with Crippen molar-refractivity contribution < 1.29 is 12.6 Å². The van der Waals surface area contributed by atoms with Crippen molar-refractivity contribution in [2.24, 2.45) is 5.41 Å². The SMILES string of the molecule is C=CCC1C(C)(C)C(C)(C)OS1(=O)=O. The van der Waals surface area contributed by atoms with E-state index >= 15 is 0 Å². The molecule has 1 fully saturated rings. The molecule has 3 nitrogen and oxygen atoms in total. The van der Waals surface area contributed by atoms with Crippen LogP contribution in [0.5, 0.6) is 0 Å². The van der Waals surface area contributed by atoms with Gasteiger partial charge in [-0.25, -0.2) is 0 Å². The first-order chi connectivity index (χ1) is 6.15. The van der Waals surface area contributed by atoms with Crippen molar-refractivity contribution >= 4 is 10.1 Å². The molecule has 0 aromatic carbocycles. The number of hydrogen-bond donors (Lipinski definition) is 0. The van der Waals surface area contributed by atoms with E-state index in [1.165, 1.54) is 0 Å². The van der Waals surface area contributed by atoms with E-state index in [2.05, 4.69) is 6.58 Å². The van der Waals surface area contributed by atoms with Crippen molar-refractivity contribution in [1.82, 2.24) is 0 Å². The summed E-state index contributed by atoms with van der Waals surface area (Å²) in [6.07, 6.45) is 2.08. The highest BCUT2D eigenvalue weighted by Crippen LogP contribution is 2.49. The molecule has 0 amide bonds.